The van der Waals surface area contributed by atoms with E-state index in [1.54, 1.807) is 7.11 Å². The van der Waals surface area contributed by atoms with Gasteiger partial charge in [0.05, 0.1) is 27.7 Å². The quantitative estimate of drug-likeness (QED) is 0.500. The predicted molar refractivity (Wildman–Crippen MR) is 118 cm³/mol. The fourth-order valence-electron chi connectivity index (χ4n) is 5.09. The zero-order chi connectivity index (χ0) is 21.3. The van der Waals surface area contributed by atoms with Crippen LogP contribution in [0, 0.1) is 5.92 Å². The van der Waals surface area contributed by atoms with Crippen molar-refractivity contribution >= 4 is 12.0 Å². The Balaban J connectivity index is 1.82. The number of hydrogen-bond donors (Lipinski definition) is 0. The van der Waals surface area contributed by atoms with Crippen molar-refractivity contribution in [2.75, 3.05) is 34.3 Å². The summed E-state index contributed by atoms with van der Waals surface area (Å²) in [6, 6.07) is 6.51. The number of rotatable bonds is 6. The summed E-state index contributed by atoms with van der Waals surface area (Å²) in [4.78, 5) is 12.4. The van der Waals surface area contributed by atoms with E-state index in [1.165, 1.54) is 36.8 Å². The number of benzene rings is 1. The summed E-state index contributed by atoms with van der Waals surface area (Å²) in [7, 11) is 6.03. The zero-order valence-electron chi connectivity index (χ0n) is 19.1. The molecule has 1 saturated carbocycles. The molecule has 0 heterocycles. The standard InChI is InChI=1S/C25H38NO3/c1-24(2,3)29-23(27)18-26(4,5)16-15-25-14-8-7-9-20(25)12-10-19-11-13-21(28-6)17-22(19)25/h10-13,17,20H,7-9,14-16,18H2,1-6H3/q+1/t20-,25+/m1/s1. The Labute approximate surface area is 176 Å². The number of fused-ring (bicyclic) bond motifs is 3. The molecule has 160 valence electrons. The van der Waals surface area contributed by atoms with Crippen molar-refractivity contribution in [3.8, 4) is 5.75 Å². The van der Waals surface area contributed by atoms with Crippen LogP contribution in [0.4, 0.5) is 0 Å². The van der Waals surface area contributed by atoms with Gasteiger partial charge in [-0.05, 0) is 62.8 Å². The molecular formula is C25H38NO3+. The molecule has 0 unspecified atom stereocenters. The number of ether oxygens (including phenoxy) is 2. The molecule has 0 amide bonds. The molecule has 3 rings (SSSR count). The SMILES string of the molecule is COc1ccc2c(c1)[C@]1(CC[N+](C)(C)CC(=O)OC(C)(C)C)CCCC[C@@H]1C=C2. The van der Waals surface area contributed by atoms with Crippen LogP contribution in [-0.4, -0.2) is 50.3 Å². The molecule has 0 saturated heterocycles. The van der Waals surface area contributed by atoms with Crippen LogP contribution in [0.15, 0.2) is 24.3 Å². The van der Waals surface area contributed by atoms with Crippen molar-refractivity contribution in [1.82, 2.24) is 0 Å². The summed E-state index contributed by atoms with van der Waals surface area (Å²) in [5, 5.41) is 0. The number of likely N-dealkylation sites (N-methyl/N-ethyl adjacent to an activating group) is 1. The number of hydrogen-bond acceptors (Lipinski definition) is 3. The van der Waals surface area contributed by atoms with Gasteiger partial charge in [0.1, 0.15) is 11.4 Å². The van der Waals surface area contributed by atoms with Crippen molar-refractivity contribution in [3.63, 3.8) is 0 Å². The average molecular weight is 401 g/mol. The summed E-state index contributed by atoms with van der Waals surface area (Å²) in [6.45, 7) is 7.12. The second-order valence-electron chi connectivity index (χ2n) is 10.5. The highest BCUT2D eigenvalue weighted by atomic mass is 16.6. The van der Waals surface area contributed by atoms with Crippen molar-refractivity contribution in [1.29, 1.82) is 0 Å². The van der Waals surface area contributed by atoms with Gasteiger partial charge in [-0.2, -0.15) is 0 Å². The van der Waals surface area contributed by atoms with Gasteiger partial charge in [0.25, 0.3) is 0 Å². The van der Waals surface area contributed by atoms with Gasteiger partial charge >= 0.3 is 5.97 Å². The molecule has 4 heteroatoms. The van der Waals surface area contributed by atoms with Gasteiger partial charge in [0.15, 0.2) is 6.54 Å². The third kappa shape index (κ3) is 5.03. The van der Waals surface area contributed by atoms with Gasteiger partial charge in [0, 0.05) is 11.8 Å². The molecule has 0 aliphatic heterocycles. The number of allylic oxidation sites excluding steroid dienone is 1. The van der Waals surface area contributed by atoms with Gasteiger partial charge in [-0.1, -0.05) is 31.1 Å². The van der Waals surface area contributed by atoms with E-state index >= 15 is 0 Å². The topological polar surface area (TPSA) is 35.5 Å². The lowest BCUT2D eigenvalue weighted by molar-refractivity contribution is -0.883. The van der Waals surface area contributed by atoms with Crippen molar-refractivity contribution in [3.05, 3.63) is 35.4 Å². The Hall–Kier alpha value is -1.81. The van der Waals surface area contributed by atoms with Crippen LogP contribution in [0.2, 0.25) is 0 Å². The van der Waals surface area contributed by atoms with Crippen molar-refractivity contribution in [2.45, 2.75) is 63.9 Å². The Morgan fingerprint density at radius 3 is 2.69 bits per heavy atom. The molecule has 0 N–H and O–H groups in total. The second-order valence-corrected chi connectivity index (χ2v) is 10.5. The zero-order valence-corrected chi connectivity index (χ0v) is 19.1. The molecule has 2 aliphatic carbocycles. The normalized spacial score (nSPS) is 23.9. The second kappa shape index (κ2) is 8.14. The molecule has 0 bridgehead atoms. The Morgan fingerprint density at radius 2 is 2.00 bits per heavy atom. The maximum Gasteiger partial charge on any atom is 0.362 e. The van der Waals surface area contributed by atoms with E-state index in [0.717, 1.165) is 18.7 Å². The van der Waals surface area contributed by atoms with E-state index in [9.17, 15) is 4.79 Å². The molecule has 1 aromatic rings. The molecule has 4 nitrogen and oxygen atoms in total. The van der Waals surface area contributed by atoms with Gasteiger partial charge < -0.3 is 14.0 Å². The smallest absolute Gasteiger partial charge is 0.362 e. The van der Waals surface area contributed by atoms with Crippen LogP contribution >= 0.6 is 0 Å². The minimum atomic E-state index is -0.437. The lowest BCUT2D eigenvalue weighted by Gasteiger charge is -2.47. The highest BCUT2D eigenvalue weighted by molar-refractivity contribution is 5.71. The average Bonchev–Trinajstić information content (AvgIpc) is 2.64. The first-order chi connectivity index (χ1) is 13.5. The molecule has 2 atom stereocenters. The third-order valence-electron chi connectivity index (χ3n) is 6.54. The maximum absolute atomic E-state index is 12.4. The van der Waals surface area contributed by atoms with Gasteiger partial charge in [-0.3, -0.25) is 0 Å². The number of methoxy groups -OCH3 is 1. The van der Waals surface area contributed by atoms with Crippen LogP contribution < -0.4 is 4.74 Å². The summed E-state index contributed by atoms with van der Waals surface area (Å²) < 4.78 is 11.8. The highest BCUT2D eigenvalue weighted by Gasteiger charge is 2.45. The monoisotopic (exact) mass is 400 g/mol. The molecule has 29 heavy (non-hydrogen) atoms. The van der Waals surface area contributed by atoms with Crippen LogP contribution in [0.3, 0.4) is 0 Å². The van der Waals surface area contributed by atoms with E-state index in [1.807, 2.05) is 20.8 Å². The summed E-state index contributed by atoms with van der Waals surface area (Å²) in [6.07, 6.45) is 10.8. The molecule has 0 radical (unpaired) electrons. The summed E-state index contributed by atoms with van der Waals surface area (Å²) in [5.74, 6) is 1.38. The number of nitrogens with zero attached hydrogens (tertiary/aromatic N) is 1. The highest BCUT2D eigenvalue weighted by Crippen LogP contribution is 2.51. The molecule has 2 aliphatic rings. The fourth-order valence-corrected chi connectivity index (χ4v) is 5.09. The van der Waals surface area contributed by atoms with E-state index in [4.69, 9.17) is 9.47 Å². The maximum atomic E-state index is 12.4. The van der Waals surface area contributed by atoms with Crippen LogP contribution in [0.25, 0.3) is 6.08 Å². The summed E-state index contributed by atoms with van der Waals surface area (Å²) >= 11 is 0. The molecule has 0 spiro atoms. The lowest BCUT2D eigenvalue weighted by atomic mass is 9.58. The number of carbonyl (C=O) groups excluding carboxylic acids is 1. The lowest BCUT2D eigenvalue weighted by Crippen LogP contribution is -2.50. The van der Waals surface area contributed by atoms with Crippen LogP contribution in [0.1, 0.15) is 64.0 Å². The Bertz CT molecular complexity index is 775. The fraction of sp³-hybridized carbons (Fsp3) is 0.640. The van der Waals surface area contributed by atoms with Crippen molar-refractivity contribution in [2.24, 2.45) is 5.92 Å². The van der Waals surface area contributed by atoms with Gasteiger partial charge in [-0.15, -0.1) is 0 Å². The minimum absolute atomic E-state index is 0.120. The largest absolute Gasteiger partial charge is 0.497 e. The summed E-state index contributed by atoms with van der Waals surface area (Å²) in [5.41, 5.74) is 2.46. The first kappa shape index (κ1) is 21.9. The van der Waals surface area contributed by atoms with Gasteiger partial charge in [-0.25, -0.2) is 4.79 Å². The van der Waals surface area contributed by atoms with Crippen molar-refractivity contribution < 1.29 is 18.8 Å². The Kier molecular flexibility index (Phi) is 6.14. The molecule has 1 aromatic carbocycles. The molecular weight excluding hydrogens is 362 g/mol. The van der Waals surface area contributed by atoms with E-state index in [-0.39, 0.29) is 11.4 Å². The number of quaternary nitrogens is 1. The first-order valence-corrected chi connectivity index (χ1v) is 11.0. The van der Waals surface area contributed by atoms with Gasteiger partial charge in [0.2, 0.25) is 0 Å². The van der Waals surface area contributed by atoms with E-state index in [0.29, 0.717) is 16.9 Å². The third-order valence-corrected chi connectivity index (χ3v) is 6.54. The Morgan fingerprint density at radius 1 is 1.24 bits per heavy atom. The minimum Gasteiger partial charge on any atom is -0.497 e. The van der Waals surface area contributed by atoms with E-state index in [2.05, 4.69) is 44.4 Å². The van der Waals surface area contributed by atoms with E-state index < -0.39 is 5.60 Å². The number of carbonyl (C=O) groups is 1. The first-order valence-electron chi connectivity index (χ1n) is 11.0. The van der Waals surface area contributed by atoms with Crippen LogP contribution in [-0.2, 0) is 14.9 Å². The predicted octanol–water partition coefficient (Wildman–Crippen LogP) is 4.96. The number of esters is 1. The molecule has 0 aromatic heterocycles. The molecule has 1 fully saturated rings. The van der Waals surface area contributed by atoms with Crippen LogP contribution in [0.5, 0.6) is 5.75 Å².